The van der Waals surface area contributed by atoms with Gasteiger partial charge < -0.3 is 5.32 Å². The molecule has 76 valence electrons. The van der Waals surface area contributed by atoms with E-state index in [1.165, 1.54) is 11.6 Å². The molecule has 0 spiro atoms. The molecule has 14 heavy (non-hydrogen) atoms. The molecule has 1 nitrogen and oxygen atoms in total. The van der Waals surface area contributed by atoms with Crippen LogP contribution in [0, 0.1) is 12.7 Å². The molecule has 4 heteroatoms. The highest BCUT2D eigenvalue weighted by molar-refractivity contribution is 6.36. The summed E-state index contributed by atoms with van der Waals surface area (Å²) in [5.41, 5.74) is 2.56. The van der Waals surface area contributed by atoms with Gasteiger partial charge in [0.1, 0.15) is 5.82 Å². The Morgan fingerprint density at radius 3 is 2.86 bits per heavy atom. The molecule has 1 N–H and O–H groups in total. The van der Waals surface area contributed by atoms with Crippen LogP contribution in [0.5, 0.6) is 0 Å². The lowest BCUT2D eigenvalue weighted by Gasteiger charge is -2.06. The molecule has 1 aromatic rings. The van der Waals surface area contributed by atoms with Gasteiger partial charge in [-0.2, -0.15) is 0 Å². The van der Waals surface area contributed by atoms with E-state index in [0.717, 1.165) is 5.56 Å². The number of nitrogens with one attached hydrogen (secondary N) is 1. The zero-order valence-electron chi connectivity index (χ0n) is 7.65. The second-order valence-corrected chi connectivity index (χ2v) is 3.60. The summed E-state index contributed by atoms with van der Waals surface area (Å²) >= 11 is 11.0. The number of hydrogen-bond acceptors (Lipinski definition) is 1. The van der Waals surface area contributed by atoms with Gasteiger partial charge in [-0.05, 0) is 24.6 Å². The topological polar surface area (TPSA) is 12.0 Å². The smallest absolute Gasteiger partial charge is 0.146 e. The van der Waals surface area contributed by atoms with Gasteiger partial charge in [0.2, 0.25) is 0 Å². The van der Waals surface area contributed by atoms with Gasteiger partial charge in [-0.25, -0.2) is 4.39 Å². The number of hydrogen-bond donors (Lipinski definition) is 1. The number of benzene rings is 1. The molecule has 0 radical (unpaired) electrons. The number of anilines is 1. The van der Waals surface area contributed by atoms with Crippen LogP contribution in [0.1, 0.15) is 5.56 Å². The minimum atomic E-state index is -0.288. The lowest BCUT2D eigenvalue weighted by molar-refractivity contribution is 0.629. The Bertz CT molecular complexity index is 350. The first kappa shape index (κ1) is 11.3. The summed E-state index contributed by atoms with van der Waals surface area (Å²) in [6, 6.07) is 4.95. The van der Waals surface area contributed by atoms with Gasteiger partial charge in [0.05, 0.1) is 12.2 Å². The van der Waals surface area contributed by atoms with Crippen molar-refractivity contribution >= 4 is 28.9 Å². The average molecular weight is 234 g/mol. The quantitative estimate of drug-likeness (QED) is 0.837. The molecule has 0 unspecified atom stereocenters. The van der Waals surface area contributed by atoms with Crippen molar-refractivity contribution in [3.8, 4) is 0 Å². The van der Waals surface area contributed by atoms with E-state index in [-0.39, 0.29) is 5.82 Å². The van der Waals surface area contributed by atoms with Crippen molar-refractivity contribution in [3.05, 3.63) is 40.1 Å². The SMILES string of the molecule is Cc1ccc(NCC(Cl)=CCl)c(F)c1. The van der Waals surface area contributed by atoms with E-state index >= 15 is 0 Å². The van der Waals surface area contributed by atoms with E-state index in [0.29, 0.717) is 17.3 Å². The predicted octanol–water partition coefficient (Wildman–Crippen LogP) is 3.87. The van der Waals surface area contributed by atoms with Crippen LogP contribution in [0.2, 0.25) is 0 Å². The van der Waals surface area contributed by atoms with Crippen molar-refractivity contribution in [2.45, 2.75) is 6.92 Å². The molecule has 0 amide bonds. The summed E-state index contributed by atoms with van der Waals surface area (Å²) in [6.07, 6.45) is 0. The van der Waals surface area contributed by atoms with Crippen LogP contribution in [0.15, 0.2) is 28.8 Å². The van der Waals surface area contributed by atoms with Gasteiger partial charge in [-0.1, -0.05) is 29.3 Å². The Kier molecular flexibility index (Phi) is 4.23. The fourth-order valence-electron chi connectivity index (χ4n) is 0.982. The maximum atomic E-state index is 13.2. The normalized spacial score (nSPS) is 11.6. The van der Waals surface area contributed by atoms with Crippen molar-refractivity contribution in [1.29, 1.82) is 0 Å². The Morgan fingerprint density at radius 2 is 2.29 bits per heavy atom. The molecule has 0 aliphatic carbocycles. The third kappa shape index (κ3) is 3.20. The van der Waals surface area contributed by atoms with Crippen LogP contribution in [0.4, 0.5) is 10.1 Å². The van der Waals surface area contributed by atoms with Crippen molar-refractivity contribution in [2.75, 3.05) is 11.9 Å². The van der Waals surface area contributed by atoms with E-state index in [4.69, 9.17) is 23.2 Å². The summed E-state index contributed by atoms with van der Waals surface area (Å²) in [5, 5.41) is 3.27. The zero-order chi connectivity index (χ0) is 10.6. The van der Waals surface area contributed by atoms with Crippen molar-refractivity contribution in [3.63, 3.8) is 0 Å². The van der Waals surface area contributed by atoms with Gasteiger partial charge in [0, 0.05) is 10.6 Å². The first-order valence-corrected chi connectivity index (χ1v) is 4.89. The van der Waals surface area contributed by atoms with Crippen LogP contribution < -0.4 is 5.32 Å². The molecule has 0 atom stereocenters. The van der Waals surface area contributed by atoms with Gasteiger partial charge in [0.25, 0.3) is 0 Å². The largest absolute Gasteiger partial charge is 0.378 e. The lowest BCUT2D eigenvalue weighted by atomic mass is 10.2. The molecular weight excluding hydrogens is 224 g/mol. The summed E-state index contributed by atoms with van der Waals surface area (Å²) in [5.74, 6) is -0.288. The van der Waals surface area contributed by atoms with Crippen LogP contribution in [-0.4, -0.2) is 6.54 Å². The van der Waals surface area contributed by atoms with Gasteiger partial charge in [-0.3, -0.25) is 0 Å². The Balaban J connectivity index is 2.68. The highest BCUT2D eigenvalue weighted by Gasteiger charge is 2.01. The number of halogens is 3. The number of aryl methyl sites for hydroxylation is 1. The van der Waals surface area contributed by atoms with Gasteiger partial charge >= 0.3 is 0 Å². The van der Waals surface area contributed by atoms with Crippen LogP contribution in [-0.2, 0) is 0 Å². The summed E-state index contributed by atoms with van der Waals surface area (Å²) in [7, 11) is 0. The second kappa shape index (κ2) is 5.23. The first-order valence-electron chi connectivity index (χ1n) is 4.08. The van der Waals surface area contributed by atoms with Gasteiger partial charge in [-0.15, -0.1) is 0 Å². The van der Waals surface area contributed by atoms with E-state index in [9.17, 15) is 4.39 Å². The van der Waals surface area contributed by atoms with E-state index in [1.807, 2.05) is 13.0 Å². The predicted molar refractivity (Wildman–Crippen MR) is 59.4 cm³/mol. The minimum absolute atomic E-state index is 0.288. The Morgan fingerprint density at radius 1 is 1.57 bits per heavy atom. The third-order valence-electron chi connectivity index (χ3n) is 1.69. The second-order valence-electron chi connectivity index (χ2n) is 2.89. The molecule has 0 aliphatic rings. The Labute approximate surface area is 92.5 Å². The van der Waals surface area contributed by atoms with E-state index in [2.05, 4.69) is 5.32 Å². The summed E-state index contributed by atoms with van der Waals surface area (Å²) in [6.45, 7) is 2.16. The third-order valence-corrected chi connectivity index (χ3v) is 2.31. The first-order chi connectivity index (χ1) is 6.63. The zero-order valence-corrected chi connectivity index (χ0v) is 9.16. The van der Waals surface area contributed by atoms with Crippen molar-refractivity contribution < 1.29 is 4.39 Å². The van der Waals surface area contributed by atoms with Crippen molar-refractivity contribution in [1.82, 2.24) is 0 Å². The fraction of sp³-hybridized carbons (Fsp3) is 0.200. The van der Waals surface area contributed by atoms with E-state index in [1.54, 1.807) is 6.07 Å². The van der Waals surface area contributed by atoms with E-state index < -0.39 is 0 Å². The molecule has 0 aromatic heterocycles. The monoisotopic (exact) mass is 233 g/mol. The molecule has 1 aromatic carbocycles. The molecule has 0 saturated carbocycles. The molecular formula is C10H10Cl2FN. The van der Waals surface area contributed by atoms with Crippen LogP contribution >= 0.6 is 23.2 Å². The highest BCUT2D eigenvalue weighted by Crippen LogP contribution is 2.16. The maximum Gasteiger partial charge on any atom is 0.146 e. The molecule has 0 aliphatic heterocycles. The standard InChI is InChI=1S/C10H10Cl2FN/c1-7-2-3-10(9(13)4-7)14-6-8(12)5-11/h2-5,14H,6H2,1H3. The molecule has 0 bridgehead atoms. The van der Waals surface area contributed by atoms with Crippen LogP contribution in [0.3, 0.4) is 0 Å². The molecule has 0 heterocycles. The molecule has 0 fully saturated rings. The fourth-order valence-corrected chi connectivity index (χ4v) is 1.13. The molecule has 1 rings (SSSR count). The maximum absolute atomic E-state index is 13.2. The number of rotatable bonds is 3. The average Bonchev–Trinajstić information content (AvgIpc) is 2.16. The lowest BCUT2D eigenvalue weighted by Crippen LogP contribution is -2.03. The molecule has 0 saturated heterocycles. The summed E-state index contributed by atoms with van der Waals surface area (Å²) < 4.78 is 13.2. The highest BCUT2D eigenvalue weighted by atomic mass is 35.5. The minimum Gasteiger partial charge on any atom is -0.378 e. The van der Waals surface area contributed by atoms with Crippen molar-refractivity contribution in [2.24, 2.45) is 0 Å². The van der Waals surface area contributed by atoms with Gasteiger partial charge in [0.15, 0.2) is 0 Å². The Hall–Kier alpha value is -0.730. The van der Waals surface area contributed by atoms with Crippen LogP contribution in [0.25, 0.3) is 0 Å². The summed E-state index contributed by atoms with van der Waals surface area (Å²) in [4.78, 5) is 0.